The van der Waals surface area contributed by atoms with E-state index in [0.717, 1.165) is 0 Å². The third kappa shape index (κ3) is 45.1. The van der Waals surface area contributed by atoms with Crippen molar-refractivity contribution in [3.8, 4) is 0 Å². The summed E-state index contributed by atoms with van der Waals surface area (Å²) in [6.07, 6.45) is 0. The van der Waals surface area contributed by atoms with Crippen LogP contribution < -0.4 is 515 Å². The van der Waals surface area contributed by atoms with Crippen molar-refractivity contribution in [2.24, 2.45) is 0 Å². The Kier molecular flexibility index (Phi) is 91.2. The molecule has 0 aromatic rings. The van der Waals surface area contributed by atoms with Gasteiger partial charge in [-0.1, -0.05) is 0 Å². The molecule has 156 valence electrons. The molecule has 36 heavy (non-hydrogen) atoms. The molecule has 0 atom stereocenters. The maximum absolute atomic E-state index is 11.0. The van der Waals surface area contributed by atoms with Gasteiger partial charge in [0, 0.05) is 0 Å². The van der Waals surface area contributed by atoms with Gasteiger partial charge < -0.3 is 37.9 Å². The van der Waals surface area contributed by atoms with Gasteiger partial charge in [-0.25, -0.2) is 25.9 Å². The third-order valence-corrected chi connectivity index (χ3v) is 10.8. The molecular formula is H6K6Na6O18P6. The molecule has 0 spiro atoms. The zero-order chi connectivity index (χ0) is 19.2. The molecule has 1 rings (SSSR count). The predicted molar refractivity (Wildman–Crippen MR) is 58.8 cm³/mol. The zero-order valence-corrected chi connectivity index (χ0v) is 58.1. The van der Waals surface area contributed by atoms with E-state index in [4.69, 9.17) is 0 Å². The predicted octanol–water partition coefficient (Wildman–Crippen LogP) is -38.4. The van der Waals surface area contributed by atoms with Gasteiger partial charge in [0.05, 0.1) is 0 Å². The summed E-state index contributed by atoms with van der Waals surface area (Å²) < 4.78 is 83.4. The first-order valence-corrected chi connectivity index (χ1v) is 13.1. The Hall–Kier alpha value is 16.7. The molecule has 0 unspecified atom stereocenters. The van der Waals surface area contributed by atoms with Gasteiger partial charge in [0.1, 0.15) is 0 Å². The summed E-state index contributed by atoms with van der Waals surface area (Å²) in [5, 5.41) is 0. The number of phosphoric acid groups is 6. The molecule has 1 saturated heterocycles. The topological polar surface area (TPSA) is 296 Å². The van der Waals surface area contributed by atoms with Crippen LogP contribution in [0.15, 0.2) is 0 Å². The second-order valence-corrected chi connectivity index (χ2v) is 12.5. The molecule has 0 radical (unpaired) electrons. The van der Waals surface area contributed by atoms with Gasteiger partial charge in [-0.3, -0.25) is 27.4 Å². The molecule has 0 saturated carbocycles. The molecule has 0 bridgehead atoms. The Morgan fingerprint density at radius 3 is 0.417 bits per heavy atom. The van der Waals surface area contributed by atoms with Crippen LogP contribution in [-0.2, 0) is 53.3 Å². The fourth-order valence-corrected chi connectivity index (χ4v) is 9.03. The van der Waals surface area contributed by atoms with Crippen molar-refractivity contribution >= 4 is 46.9 Å². The molecule has 36 heteroatoms. The number of rotatable bonds is 0. The monoisotopic (exact) mass is 852 g/mol. The maximum atomic E-state index is 11.0. The van der Waals surface area contributed by atoms with Crippen LogP contribution in [-0.4, -0.2) is 0 Å². The zero-order valence-electron chi connectivity index (χ0n) is 28.0. The van der Waals surface area contributed by atoms with Gasteiger partial charge in [0.25, 0.3) is 46.9 Å². The number of hydrogen-bond acceptors (Lipinski definition) is 18. The van der Waals surface area contributed by atoms with Crippen molar-refractivity contribution in [1.82, 2.24) is 0 Å². The summed E-state index contributed by atoms with van der Waals surface area (Å²) in [6, 6.07) is 0. The third-order valence-electron chi connectivity index (χ3n) is 1.20. The van der Waals surface area contributed by atoms with E-state index in [1.807, 2.05) is 0 Å². The summed E-state index contributed by atoms with van der Waals surface area (Å²) in [5.74, 6) is 0. The molecule has 0 aromatic heterocycles. The van der Waals surface area contributed by atoms with Gasteiger partial charge in [0.2, 0.25) is 0 Å². The summed E-state index contributed by atoms with van der Waals surface area (Å²) in [6.45, 7) is 0. The average Bonchev–Trinajstić information content (AvgIpc) is 1.98. The van der Waals surface area contributed by atoms with Crippen molar-refractivity contribution in [2.45, 2.75) is 0 Å². The van der Waals surface area contributed by atoms with E-state index in [9.17, 15) is 56.8 Å². The van der Waals surface area contributed by atoms with Crippen LogP contribution in [0.3, 0.4) is 0 Å². The first kappa shape index (κ1) is 85.0. The second-order valence-electron chi connectivity index (χ2n) is 3.17. The smallest absolute Gasteiger partial charge is 1.00 e. The standard InChI is InChI=1S/6K.6Na.H6O18P6.6H/c;;;;;;;;;;;;1-19(2)13-20(3,4)15-22(7,8)17-24(11,12)18-23(9,10)16-21(5,6)14-19;;;;;;/h;;;;;;;;;;;;(H,1,2)(H,3,4)(H,5,6)(H,7,8)(H,9,10)(H,11,12);;;;;;/q12*+1;;6*-1/p-6. The minimum absolute atomic E-state index is 0. The molecule has 18 nitrogen and oxygen atoms in total. The van der Waals surface area contributed by atoms with Gasteiger partial charge in [-0.15, -0.1) is 0 Å². The molecule has 1 fully saturated rings. The van der Waals surface area contributed by atoms with Crippen LogP contribution in [0.1, 0.15) is 8.56 Å². The molecule has 1 aliphatic heterocycles. The Bertz CT molecular complexity index is 645. The van der Waals surface area contributed by atoms with E-state index in [2.05, 4.69) is 25.9 Å². The van der Waals surface area contributed by atoms with Crippen molar-refractivity contribution in [3.05, 3.63) is 0 Å². The van der Waals surface area contributed by atoms with E-state index in [0.29, 0.717) is 0 Å². The van der Waals surface area contributed by atoms with Crippen LogP contribution in [0.2, 0.25) is 0 Å². The Morgan fingerprint density at radius 2 is 0.361 bits per heavy atom. The summed E-state index contributed by atoms with van der Waals surface area (Å²) in [5.41, 5.74) is 0. The summed E-state index contributed by atoms with van der Waals surface area (Å²) >= 11 is 0. The van der Waals surface area contributed by atoms with Crippen LogP contribution in [0, 0.1) is 0 Å². The fraction of sp³-hybridized carbons (Fsp3) is 0. The first-order chi connectivity index (χ1) is 10.2. The van der Waals surface area contributed by atoms with E-state index < -0.39 is 46.9 Å². The molecule has 0 N–H and O–H groups in total. The quantitative estimate of drug-likeness (QED) is 0.161. The SMILES string of the molecule is O=P1([O-])OP(=O)([O-])OP(=O)([O-])OP(=O)([O-])OP(=O)([O-])OP(=O)([O-])O1.[H-].[H-].[H-].[H-].[H-].[H-].[K+].[K+].[K+].[K+].[K+].[K+].[Na+].[Na+].[Na+].[Na+].[Na+].[Na+]. The molecular weight excluding hydrogens is 846 g/mol. The molecule has 0 aliphatic carbocycles. The van der Waals surface area contributed by atoms with Gasteiger partial charge >= 0.3 is 486 Å². The second kappa shape index (κ2) is 38.6. The van der Waals surface area contributed by atoms with E-state index in [1.54, 1.807) is 0 Å². The Balaban J connectivity index is -0.0000000200. The summed E-state index contributed by atoms with van der Waals surface area (Å²) in [7, 11) is -39.3. The summed E-state index contributed by atoms with van der Waals surface area (Å²) in [4.78, 5) is 65.8. The van der Waals surface area contributed by atoms with Crippen molar-refractivity contribution < 1.29 is 577 Å². The molecule has 1 aliphatic rings. The minimum Gasteiger partial charge on any atom is -1.00 e. The maximum Gasteiger partial charge on any atom is 1.00 e. The Labute approximate surface area is 603 Å². The Morgan fingerprint density at radius 1 is 0.306 bits per heavy atom. The first-order valence-electron chi connectivity index (χ1n) is 4.38. The fourth-order valence-electron chi connectivity index (χ4n) is 0.824. The van der Waals surface area contributed by atoms with Crippen LogP contribution in [0.25, 0.3) is 0 Å². The molecule has 0 amide bonds. The van der Waals surface area contributed by atoms with E-state index in [1.165, 1.54) is 0 Å². The van der Waals surface area contributed by atoms with Gasteiger partial charge in [-0.05, 0) is 0 Å². The minimum atomic E-state index is -6.56. The van der Waals surface area contributed by atoms with Crippen LogP contribution in [0.5, 0.6) is 0 Å². The van der Waals surface area contributed by atoms with Gasteiger partial charge in [-0.2, -0.15) is 0 Å². The van der Waals surface area contributed by atoms with Crippen molar-refractivity contribution in [2.75, 3.05) is 0 Å². The van der Waals surface area contributed by atoms with E-state index in [-0.39, 0.29) is 494 Å². The normalized spacial score (nSPS) is 36.8. The van der Waals surface area contributed by atoms with Crippen LogP contribution >= 0.6 is 46.9 Å². The molecule has 0 aromatic carbocycles. The molecule has 1 heterocycles. The van der Waals surface area contributed by atoms with Crippen molar-refractivity contribution in [3.63, 3.8) is 0 Å². The van der Waals surface area contributed by atoms with Gasteiger partial charge in [0.15, 0.2) is 0 Å². The average molecular weight is 852 g/mol. The van der Waals surface area contributed by atoms with Crippen LogP contribution in [0.4, 0.5) is 0 Å². The van der Waals surface area contributed by atoms with Crippen molar-refractivity contribution in [1.29, 1.82) is 0 Å². The largest absolute Gasteiger partial charge is 1.00 e. The number of hydrogen-bond donors (Lipinski definition) is 0. The van der Waals surface area contributed by atoms with E-state index >= 15 is 0 Å².